The zero-order valence-electron chi connectivity index (χ0n) is 39.5. The zero-order valence-corrected chi connectivity index (χ0v) is 41.7. The van der Waals surface area contributed by atoms with Gasteiger partial charge in [0.1, 0.15) is 22.3 Å². The number of halogens is 1. The summed E-state index contributed by atoms with van der Waals surface area (Å²) in [4.78, 5) is 10.4. The largest absolute Gasteiger partial charge is 1.00 e. The Kier molecular flexibility index (Phi) is 10.1. The van der Waals surface area contributed by atoms with Gasteiger partial charge in [0.2, 0.25) is 0 Å². The summed E-state index contributed by atoms with van der Waals surface area (Å²) in [7, 11) is 2.25. The Bertz CT molecular complexity index is 3050. The van der Waals surface area contributed by atoms with E-state index in [1.165, 1.54) is 141 Å². The second kappa shape index (κ2) is 15.2. The number of nitrogens with one attached hydrogen (secondary N) is 1. The van der Waals surface area contributed by atoms with Crippen molar-refractivity contribution in [3.05, 3.63) is 130 Å². The van der Waals surface area contributed by atoms with Crippen LogP contribution in [0.5, 0.6) is 0 Å². The van der Waals surface area contributed by atoms with E-state index in [0.717, 1.165) is 18.6 Å². The molecule has 1 N–H and O–H groups in total. The number of fused-ring (bicyclic) bond motifs is 15. The molecule has 12 rings (SSSR count). The molecule has 0 amide bonds. The van der Waals surface area contributed by atoms with Gasteiger partial charge in [-0.1, -0.05) is 125 Å². The molecular weight excluding hydrogens is 894 g/mol. The number of hydrogen-bond acceptors (Lipinski definition) is 2. The fourth-order valence-corrected chi connectivity index (χ4v) is 14.1. The first-order valence-electron chi connectivity index (χ1n) is 24.6. The number of benzene rings is 5. The normalized spacial score (nSPS) is 25.4. The Morgan fingerprint density at radius 1 is 0.750 bits per heavy atom. The molecule has 4 heterocycles. The average Bonchev–Trinajstić information content (AvgIpc) is 3.73. The van der Waals surface area contributed by atoms with Crippen molar-refractivity contribution in [3.63, 3.8) is 0 Å². The van der Waals surface area contributed by atoms with Crippen LogP contribution in [0.3, 0.4) is 0 Å². The lowest BCUT2D eigenvalue weighted by Crippen LogP contribution is -3.17. The van der Waals surface area contributed by atoms with Crippen LogP contribution in [-0.4, -0.2) is 33.1 Å². The summed E-state index contributed by atoms with van der Waals surface area (Å²) in [5.74, 6) is 0. The van der Waals surface area contributed by atoms with Crippen molar-refractivity contribution in [2.45, 2.75) is 154 Å². The van der Waals surface area contributed by atoms with E-state index >= 15 is 0 Å². The van der Waals surface area contributed by atoms with E-state index in [-0.39, 0.29) is 40.3 Å². The van der Waals surface area contributed by atoms with Crippen LogP contribution in [0.25, 0.3) is 54.7 Å². The number of nitrogens with zero attached hydrogens (tertiary/aromatic N) is 4. The second-order valence-electron chi connectivity index (χ2n) is 22.1. The molecule has 3 aliphatic carbocycles. The summed E-state index contributed by atoms with van der Waals surface area (Å²) in [6.07, 6.45) is 17.0. The first kappa shape index (κ1) is 42.5. The van der Waals surface area contributed by atoms with Crippen LogP contribution in [0.4, 0.5) is 0 Å². The van der Waals surface area contributed by atoms with Gasteiger partial charge in [-0.3, -0.25) is 4.90 Å². The number of aryl methyl sites for hydroxylation is 3. The SMILES string of the molecule is Cc1cc2ccc3c4c5[n+](cnc4n(C)c3c2cc1C)C1(C)CC2=C(CN(C3CCCCC3)C(c3ccccc3)[NH+]2C2CCCCC2)C1(C)c1ccc2cc(C(C)(C)C)ccc2c1-5.[I-]. The number of allylic oxidation sites excluding steroid dienone is 1. The fraction of sp³-hybridized carbons (Fsp3) is 0.448. The van der Waals surface area contributed by atoms with Gasteiger partial charge in [-0.25, -0.2) is 9.47 Å². The van der Waals surface area contributed by atoms with E-state index in [9.17, 15) is 0 Å². The van der Waals surface area contributed by atoms with Crippen molar-refractivity contribution in [2.24, 2.45) is 7.05 Å². The van der Waals surface area contributed by atoms with Crippen LogP contribution in [0, 0.1) is 13.8 Å². The summed E-state index contributed by atoms with van der Waals surface area (Å²) < 4.78 is 5.14. The minimum Gasteiger partial charge on any atom is -1.00 e. The van der Waals surface area contributed by atoms with Gasteiger partial charge in [-0.2, -0.15) is 0 Å². The molecule has 4 atom stereocenters. The molecule has 330 valence electrons. The van der Waals surface area contributed by atoms with Crippen LogP contribution < -0.4 is 33.4 Å². The Labute approximate surface area is 398 Å². The molecule has 6 heteroatoms. The maximum Gasteiger partial charge on any atom is 0.289 e. The molecule has 5 aromatic carbocycles. The molecule has 2 fully saturated rings. The minimum atomic E-state index is -0.267. The lowest BCUT2D eigenvalue weighted by Gasteiger charge is -2.51. The quantitative estimate of drug-likeness (QED) is 0.142. The molecule has 2 saturated carbocycles. The van der Waals surface area contributed by atoms with Gasteiger partial charge in [-0.15, -0.1) is 0 Å². The van der Waals surface area contributed by atoms with Crippen LogP contribution in [0.15, 0.2) is 103 Å². The zero-order chi connectivity index (χ0) is 43.2. The molecule has 7 aromatic rings. The Hall–Kier alpha value is -4.11. The van der Waals surface area contributed by atoms with Crippen molar-refractivity contribution in [2.75, 3.05) is 6.54 Å². The summed E-state index contributed by atoms with van der Waals surface area (Å²) in [5.41, 5.74) is 15.1. The first-order chi connectivity index (χ1) is 30.4. The highest BCUT2D eigenvalue weighted by Crippen LogP contribution is 2.60. The summed E-state index contributed by atoms with van der Waals surface area (Å²) in [6, 6.07) is 35.0. The van der Waals surface area contributed by atoms with Crippen molar-refractivity contribution in [3.8, 4) is 11.3 Å². The second-order valence-corrected chi connectivity index (χ2v) is 22.1. The number of rotatable bonds is 3. The minimum absolute atomic E-state index is 0. The smallest absolute Gasteiger partial charge is 0.289 e. The van der Waals surface area contributed by atoms with Gasteiger partial charge in [0, 0.05) is 47.1 Å². The van der Waals surface area contributed by atoms with Crippen molar-refractivity contribution < 1.29 is 33.4 Å². The van der Waals surface area contributed by atoms with Gasteiger partial charge in [0.25, 0.3) is 12.0 Å². The Morgan fingerprint density at radius 2 is 1.42 bits per heavy atom. The Morgan fingerprint density at radius 3 is 2.16 bits per heavy atom. The molecule has 5 nitrogen and oxygen atoms in total. The third-order valence-corrected chi connectivity index (χ3v) is 17.8. The number of hydrogen-bond donors (Lipinski definition) is 1. The van der Waals surface area contributed by atoms with E-state index < -0.39 is 0 Å². The third-order valence-electron chi connectivity index (χ3n) is 17.8. The lowest BCUT2D eigenvalue weighted by atomic mass is 9.61. The maximum absolute atomic E-state index is 5.58. The highest BCUT2D eigenvalue weighted by molar-refractivity contribution is 6.21. The predicted molar refractivity (Wildman–Crippen MR) is 260 cm³/mol. The molecule has 64 heavy (non-hydrogen) atoms. The summed E-state index contributed by atoms with van der Waals surface area (Å²) >= 11 is 0. The van der Waals surface area contributed by atoms with Gasteiger partial charge < -0.3 is 28.5 Å². The van der Waals surface area contributed by atoms with Crippen molar-refractivity contribution >= 4 is 43.5 Å². The highest BCUT2D eigenvalue weighted by atomic mass is 127. The average molecular weight is 961 g/mol. The van der Waals surface area contributed by atoms with Gasteiger partial charge in [-0.05, 0) is 121 Å². The maximum atomic E-state index is 5.58. The molecule has 0 radical (unpaired) electrons. The standard InChI is InChI=1S/C58H66N5.HI/c1-36-30-39-24-27-45-51-53-50-44-28-26-41(56(3,4)5)32-40(44)25-29-47(50)58(7)48-34-61(42-20-14-10-15-21-42)55(38-18-12-9-13-19-38)63(43-22-16-11-17-23-43)49(48)33-57(58,6)62(53)35-59-54(51)60(8)52(45)46(39)31-37(36)2;/h9,12-13,18-19,24-32,35,42-43,55H,10-11,14-17,20-23,33-34H2,1-8H3;1H/q+1;. The van der Waals surface area contributed by atoms with Gasteiger partial charge in [0.15, 0.2) is 6.17 Å². The Balaban J connectivity index is 0.00000456. The van der Waals surface area contributed by atoms with E-state index in [1.807, 2.05) is 0 Å². The van der Waals surface area contributed by atoms with Crippen LogP contribution >= 0.6 is 0 Å². The number of aromatic nitrogens is 3. The van der Waals surface area contributed by atoms with E-state index in [4.69, 9.17) is 4.98 Å². The molecular formula is C58H67IN5+. The van der Waals surface area contributed by atoms with Crippen molar-refractivity contribution in [1.29, 1.82) is 0 Å². The lowest BCUT2D eigenvalue weighted by molar-refractivity contribution is -0.940. The third kappa shape index (κ3) is 5.92. The van der Waals surface area contributed by atoms with Crippen LogP contribution in [-0.2, 0) is 23.4 Å². The topological polar surface area (TPSA) is 29.4 Å². The molecule has 5 aliphatic rings. The molecule has 0 saturated heterocycles. The van der Waals surface area contributed by atoms with Crippen LogP contribution in [0.1, 0.15) is 139 Å². The predicted octanol–water partition coefficient (Wildman–Crippen LogP) is 9.11. The summed E-state index contributed by atoms with van der Waals surface area (Å²) in [6.45, 7) is 17.9. The van der Waals surface area contributed by atoms with Gasteiger partial charge in [0.05, 0.1) is 23.4 Å². The molecule has 0 bridgehead atoms. The fourth-order valence-electron chi connectivity index (χ4n) is 14.1. The first-order valence-corrected chi connectivity index (χ1v) is 24.6. The highest BCUT2D eigenvalue weighted by Gasteiger charge is 2.67. The van der Waals surface area contributed by atoms with Gasteiger partial charge >= 0.3 is 0 Å². The molecule has 4 unspecified atom stereocenters. The molecule has 0 spiro atoms. The van der Waals surface area contributed by atoms with E-state index in [1.54, 1.807) is 16.2 Å². The van der Waals surface area contributed by atoms with Crippen LogP contribution in [0.2, 0.25) is 0 Å². The van der Waals surface area contributed by atoms with E-state index in [2.05, 4.69) is 161 Å². The molecule has 2 aliphatic heterocycles. The van der Waals surface area contributed by atoms with Crippen molar-refractivity contribution in [1.82, 2.24) is 14.5 Å². The molecule has 2 aromatic heterocycles. The summed E-state index contributed by atoms with van der Waals surface area (Å²) in [5, 5.41) is 7.90. The monoisotopic (exact) mass is 960 g/mol. The number of quaternary nitrogens is 1. The van der Waals surface area contributed by atoms with E-state index in [0.29, 0.717) is 18.2 Å².